The summed E-state index contributed by atoms with van der Waals surface area (Å²) in [5.41, 5.74) is 3.82. The average Bonchev–Trinajstić information content (AvgIpc) is 3.11. The van der Waals surface area contributed by atoms with Gasteiger partial charge in [0.15, 0.2) is 0 Å². The third kappa shape index (κ3) is 3.84. The molecule has 3 aromatic carbocycles. The highest BCUT2D eigenvalue weighted by molar-refractivity contribution is 5.86. The molecule has 4 rings (SSSR count). The topological polar surface area (TPSA) is 43.1 Å². The molecule has 0 N–H and O–H groups in total. The van der Waals surface area contributed by atoms with E-state index in [1.807, 2.05) is 61.5 Å². The molecular formula is C25H19NO2. The number of aldehydes is 1. The lowest BCUT2D eigenvalue weighted by Gasteiger charge is -1.99. The number of nitrogens with zero attached hydrogens (tertiary/aromatic N) is 1. The molecule has 0 radical (unpaired) electrons. The molecule has 0 unspecified atom stereocenters. The van der Waals surface area contributed by atoms with Gasteiger partial charge in [-0.15, -0.1) is 0 Å². The maximum atomic E-state index is 10.4. The summed E-state index contributed by atoms with van der Waals surface area (Å²) in [5.74, 6) is 1.40. The molecule has 0 amide bonds. The van der Waals surface area contributed by atoms with Gasteiger partial charge in [-0.25, -0.2) is 4.98 Å². The van der Waals surface area contributed by atoms with Crippen molar-refractivity contribution in [2.24, 2.45) is 0 Å². The lowest BCUT2D eigenvalue weighted by molar-refractivity contribution is -0.104. The van der Waals surface area contributed by atoms with Crippen LogP contribution in [0.3, 0.4) is 0 Å². The quantitative estimate of drug-likeness (QED) is 0.313. The molecule has 3 heteroatoms. The maximum Gasteiger partial charge on any atom is 0.226 e. The van der Waals surface area contributed by atoms with Gasteiger partial charge in [0, 0.05) is 5.56 Å². The number of carbonyl (C=O) groups is 1. The highest BCUT2D eigenvalue weighted by Gasteiger charge is 2.10. The fourth-order valence-electron chi connectivity index (χ4n) is 3.05. The number of fused-ring (bicyclic) bond motifs is 1. The zero-order valence-corrected chi connectivity index (χ0v) is 15.5. The van der Waals surface area contributed by atoms with Crippen LogP contribution < -0.4 is 0 Å². The SMILES string of the molecule is Cc1oc(-c2ccc3ccccc3c2)nc1/C=C/c1ccc(C=CC=O)cc1. The summed E-state index contributed by atoms with van der Waals surface area (Å²) in [6.07, 6.45) is 7.99. The summed E-state index contributed by atoms with van der Waals surface area (Å²) >= 11 is 0. The van der Waals surface area contributed by atoms with Crippen LogP contribution in [0.2, 0.25) is 0 Å². The van der Waals surface area contributed by atoms with E-state index in [4.69, 9.17) is 4.42 Å². The molecule has 1 aromatic heterocycles. The zero-order valence-electron chi connectivity index (χ0n) is 15.5. The Hall–Kier alpha value is -3.72. The van der Waals surface area contributed by atoms with Crippen LogP contribution in [0, 0.1) is 6.92 Å². The Labute approximate surface area is 163 Å². The van der Waals surface area contributed by atoms with Gasteiger partial charge in [-0.1, -0.05) is 66.7 Å². The molecule has 0 fully saturated rings. The van der Waals surface area contributed by atoms with Crippen molar-refractivity contribution in [1.82, 2.24) is 4.98 Å². The first-order valence-corrected chi connectivity index (χ1v) is 9.09. The Morgan fingerprint density at radius 2 is 1.54 bits per heavy atom. The summed E-state index contributed by atoms with van der Waals surface area (Å²) in [6.45, 7) is 1.92. The Bertz CT molecular complexity index is 1180. The Morgan fingerprint density at radius 3 is 2.29 bits per heavy atom. The Morgan fingerprint density at radius 1 is 0.821 bits per heavy atom. The second-order valence-electron chi connectivity index (χ2n) is 6.52. The normalized spacial score (nSPS) is 11.6. The van der Waals surface area contributed by atoms with Crippen molar-refractivity contribution < 1.29 is 9.21 Å². The van der Waals surface area contributed by atoms with Crippen molar-refractivity contribution in [3.63, 3.8) is 0 Å². The molecule has 136 valence electrons. The number of oxazole rings is 1. The minimum absolute atomic E-state index is 0.622. The van der Waals surface area contributed by atoms with Gasteiger partial charge in [0.25, 0.3) is 0 Å². The number of benzene rings is 3. The lowest BCUT2D eigenvalue weighted by atomic mass is 10.1. The Balaban J connectivity index is 1.57. The van der Waals surface area contributed by atoms with Gasteiger partial charge in [0.2, 0.25) is 5.89 Å². The summed E-state index contributed by atoms with van der Waals surface area (Å²) < 4.78 is 5.90. The summed E-state index contributed by atoms with van der Waals surface area (Å²) in [5, 5.41) is 2.36. The van der Waals surface area contributed by atoms with Crippen LogP contribution >= 0.6 is 0 Å². The van der Waals surface area contributed by atoms with Crippen LogP contribution in [0.4, 0.5) is 0 Å². The predicted octanol–water partition coefficient (Wildman–Crippen LogP) is 6.19. The van der Waals surface area contributed by atoms with E-state index in [0.717, 1.165) is 39.8 Å². The number of aryl methyl sites for hydroxylation is 1. The van der Waals surface area contributed by atoms with Gasteiger partial charge in [-0.05, 0) is 53.1 Å². The van der Waals surface area contributed by atoms with Gasteiger partial charge in [0.05, 0.1) is 0 Å². The Kier molecular flexibility index (Phi) is 4.98. The molecule has 4 aromatic rings. The van der Waals surface area contributed by atoms with E-state index in [1.54, 1.807) is 6.08 Å². The van der Waals surface area contributed by atoms with Gasteiger partial charge < -0.3 is 4.42 Å². The first-order valence-electron chi connectivity index (χ1n) is 9.09. The third-order valence-corrected chi connectivity index (χ3v) is 4.57. The largest absolute Gasteiger partial charge is 0.441 e. The first kappa shape index (κ1) is 17.7. The van der Waals surface area contributed by atoms with Crippen LogP contribution in [0.15, 0.2) is 77.2 Å². The van der Waals surface area contributed by atoms with Crippen LogP contribution in [-0.2, 0) is 4.79 Å². The molecule has 0 atom stereocenters. The molecule has 28 heavy (non-hydrogen) atoms. The number of aromatic nitrogens is 1. The van der Waals surface area contributed by atoms with E-state index in [9.17, 15) is 4.79 Å². The molecule has 0 saturated carbocycles. The number of allylic oxidation sites excluding steroid dienone is 1. The fraction of sp³-hybridized carbons (Fsp3) is 0.0400. The van der Waals surface area contributed by atoms with Gasteiger partial charge >= 0.3 is 0 Å². The van der Waals surface area contributed by atoms with Crippen molar-refractivity contribution >= 4 is 35.3 Å². The van der Waals surface area contributed by atoms with Crippen molar-refractivity contribution in [1.29, 1.82) is 0 Å². The van der Waals surface area contributed by atoms with Gasteiger partial charge in [-0.2, -0.15) is 0 Å². The van der Waals surface area contributed by atoms with Crippen LogP contribution in [0.5, 0.6) is 0 Å². The minimum atomic E-state index is 0.622. The highest BCUT2D eigenvalue weighted by atomic mass is 16.4. The summed E-state index contributed by atoms with van der Waals surface area (Å²) in [4.78, 5) is 15.0. The third-order valence-electron chi connectivity index (χ3n) is 4.57. The summed E-state index contributed by atoms with van der Waals surface area (Å²) in [7, 11) is 0. The zero-order chi connectivity index (χ0) is 19.3. The smallest absolute Gasteiger partial charge is 0.226 e. The standard InChI is InChI=1S/C25H19NO2/c1-18-24(15-12-20-10-8-19(9-11-20)5-4-16-27)26-25(28-18)23-14-13-21-6-2-3-7-22(21)17-23/h2-17H,1H3/b5-4?,15-12+. The number of hydrogen-bond donors (Lipinski definition) is 0. The molecule has 1 heterocycles. The van der Waals surface area contributed by atoms with Crippen molar-refractivity contribution in [2.45, 2.75) is 6.92 Å². The number of carbonyl (C=O) groups excluding carboxylic acids is 1. The fourth-order valence-corrected chi connectivity index (χ4v) is 3.05. The van der Waals surface area contributed by atoms with Crippen molar-refractivity contribution in [2.75, 3.05) is 0 Å². The molecule has 0 aliphatic carbocycles. The molecular weight excluding hydrogens is 346 g/mol. The molecule has 0 saturated heterocycles. The second-order valence-corrected chi connectivity index (χ2v) is 6.52. The number of hydrogen-bond acceptors (Lipinski definition) is 3. The predicted molar refractivity (Wildman–Crippen MR) is 115 cm³/mol. The van der Waals surface area contributed by atoms with Gasteiger partial charge in [0.1, 0.15) is 17.7 Å². The molecule has 0 aliphatic rings. The molecule has 0 bridgehead atoms. The average molecular weight is 365 g/mol. The highest BCUT2D eigenvalue weighted by Crippen LogP contribution is 2.26. The van der Waals surface area contributed by atoms with Crippen molar-refractivity contribution in [3.05, 3.63) is 95.4 Å². The second kappa shape index (κ2) is 7.89. The summed E-state index contributed by atoms with van der Waals surface area (Å²) in [6, 6.07) is 22.4. The maximum absolute atomic E-state index is 10.4. The monoisotopic (exact) mass is 365 g/mol. The van der Waals surface area contributed by atoms with Crippen LogP contribution in [0.25, 0.3) is 40.5 Å². The van der Waals surface area contributed by atoms with Crippen LogP contribution in [-0.4, -0.2) is 11.3 Å². The molecule has 3 nitrogen and oxygen atoms in total. The number of rotatable bonds is 5. The van der Waals surface area contributed by atoms with E-state index >= 15 is 0 Å². The van der Waals surface area contributed by atoms with E-state index < -0.39 is 0 Å². The van der Waals surface area contributed by atoms with E-state index in [-0.39, 0.29) is 0 Å². The van der Waals surface area contributed by atoms with Crippen LogP contribution in [0.1, 0.15) is 22.6 Å². The van der Waals surface area contributed by atoms with Crippen molar-refractivity contribution in [3.8, 4) is 11.5 Å². The first-order chi connectivity index (χ1) is 13.7. The lowest BCUT2D eigenvalue weighted by Crippen LogP contribution is -1.80. The van der Waals surface area contributed by atoms with E-state index in [0.29, 0.717) is 5.89 Å². The molecule has 0 spiro atoms. The van der Waals surface area contributed by atoms with E-state index in [1.165, 1.54) is 11.5 Å². The van der Waals surface area contributed by atoms with Gasteiger partial charge in [-0.3, -0.25) is 4.79 Å². The molecule has 0 aliphatic heterocycles. The van der Waals surface area contributed by atoms with E-state index in [2.05, 4.69) is 29.2 Å². The minimum Gasteiger partial charge on any atom is -0.441 e.